The number of amides is 1. The summed E-state index contributed by atoms with van der Waals surface area (Å²) in [5, 5.41) is 3.12. The molecule has 1 aromatic heterocycles. The summed E-state index contributed by atoms with van der Waals surface area (Å²) in [5.41, 5.74) is 4.20. The first kappa shape index (κ1) is 18.2. The van der Waals surface area contributed by atoms with E-state index < -0.39 is 0 Å². The third-order valence-corrected chi connectivity index (χ3v) is 5.35. The fourth-order valence-electron chi connectivity index (χ4n) is 3.80. The number of nitrogens with zero attached hydrogens (tertiary/aromatic N) is 2. The summed E-state index contributed by atoms with van der Waals surface area (Å²) in [6, 6.07) is 22.1. The first-order valence-corrected chi connectivity index (χ1v) is 9.88. The molecule has 0 bridgehead atoms. The summed E-state index contributed by atoms with van der Waals surface area (Å²) in [4.78, 5) is 19.0. The Morgan fingerprint density at radius 1 is 0.964 bits per heavy atom. The highest BCUT2D eigenvalue weighted by Gasteiger charge is 2.20. The van der Waals surface area contributed by atoms with Crippen LogP contribution in [0.5, 0.6) is 0 Å². The molecule has 4 nitrogen and oxygen atoms in total. The van der Waals surface area contributed by atoms with Gasteiger partial charge in [0.15, 0.2) is 0 Å². The summed E-state index contributed by atoms with van der Waals surface area (Å²) in [5.74, 6) is 0.468. The fraction of sp³-hybridized carbons (Fsp3) is 0.250. The van der Waals surface area contributed by atoms with E-state index in [1.165, 1.54) is 5.69 Å². The molecular weight excluding hydrogens is 346 g/mol. The molecule has 1 amide bonds. The molecule has 1 aliphatic heterocycles. The number of rotatable bonds is 5. The highest BCUT2D eigenvalue weighted by atomic mass is 16.1. The first-order valence-electron chi connectivity index (χ1n) is 9.88. The van der Waals surface area contributed by atoms with Crippen molar-refractivity contribution in [1.82, 2.24) is 10.3 Å². The minimum Gasteiger partial charge on any atom is -0.371 e. The number of pyridine rings is 1. The second-order valence-electron chi connectivity index (χ2n) is 7.31. The third-order valence-electron chi connectivity index (χ3n) is 5.35. The zero-order valence-corrected chi connectivity index (χ0v) is 15.9. The van der Waals surface area contributed by atoms with Crippen LogP contribution in [-0.4, -0.2) is 30.5 Å². The van der Waals surface area contributed by atoms with Crippen molar-refractivity contribution in [1.29, 1.82) is 0 Å². The van der Waals surface area contributed by atoms with Crippen LogP contribution in [0.25, 0.3) is 11.1 Å². The molecule has 0 aliphatic carbocycles. The maximum atomic E-state index is 12.6. The molecule has 1 atom stereocenters. The average molecular weight is 371 g/mol. The lowest BCUT2D eigenvalue weighted by atomic mass is 9.97. The summed E-state index contributed by atoms with van der Waals surface area (Å²) in [6.45, 7) is 2.74. The molecule has 1 fully saturated rings. The van der Waals surface area contributed by atoms with Gasteiger partial charge in [-0.15, -0.1) is 0 Å². The van der Waals surface area contributed by atoms with Crippen molar-refractivity contribution in [2.45, 2.75) is 12.8 Å². The molecule has 0 spiro atoms. The van der Waals surface area contributed by atoms with E-state index in [1.54, 1.807) is 0 Å². The van der Waals surface area contributed by atoms with Crippen LogP contribution in [0.15, 0.2) is 79.1 Å². The van der Waals surface area contributed by atoms with Crippen molar-refractivity contribution in [3.8, 4) is 11.1 Å². The summed E-state index contributed by atoms with van der Waals surface area (Å²) < 4.78 is 0. The predicted octanol–water partition coefficient (Wildman–Crippen LogP) is 4.40. The van der Waals surface area contributed by atoms with E-state index in [0.717, 1.165) is 37.1 Å². The Morgan fingerprint density at radius 2 is 1.68 bits per heavy atom. The number of nitrogens with one attached hydrogen (secondary N) is 1. The van der Waals surface area contributed by atoms with Crippen molar-refractivity contribution < 1.29 is 4.79 Å². The van der Waals surface area contributed by atoms with E-state index in [-0.39, 0.29) is 5.91 Å². The van der Waals surface area contributed by atoms with Crippen LogP contribution in [0, 0.1) is 5.92 Å². The Hall–Kier alpha value is -3.14. The summed E-state index contributed by atoms with van der Waals surface area (Å²) in [6.07, 6.45) is 5.96. The zero-order valence-electron chi connectivity index (χ0n) is 15.9. The molecule has 4 heteroatoms. The Kier molecular flexibility index (Phi) is 5.66. The predicted molar refractivity (Wildman–Crippen MR) is 113 cm³/mol. The highest BCUT2D eigenvalue weighted by molar-refractivity contribution is 5.94. The maximum Gasteiger partial charge on any atom is 0.251 e. The molecular formula is C24H25N3O. The second kappa shape index (κ2) is 8.70. The van der Waals surface area contributed by atoms with E-state index in [9.17, 15) is 4.79 Å². The number of carbonyl (C=O) groups is 1. The Morgan fingerprint density at radius 3 is 2.43 bits per heavy atom. The van der Waals surface area contributed by atoms with Crippen molar-refractivity contribution in [2.75, 3.05) is 24.5 Å². The van der Waals surface area contributed by atoms with Gasteiger partial charge < -0.3 is 10.2 Å². The number of hydrogen-bond donors (Lipinski definition) is 1. The van der Waals surface area contributed by atoms with Crippen molar-refractivity contribution >= 4 is 11.6 Å². The maximum absolute atomic E-state index is 12.6. The lowest BCUT2D eigenvalue weighted by Crippen LogP contribution is -2.41. The number of benzene rings is 2. The Labute approximate surface area is 166 Å². The van der Waals surface area contributed by atoms with Crippen LogP contribution >= 0.6 is 0 Å². The standard InChI is InChI=1S/C24H25N3O/c28-24(22-10-8-21(9-11-22)20-6-2-1-3-7-20)26-17-19-5-4-16-27(18-19)23-12-14-25-15-13-23/h1-3,6-15,19H,4-5,16-18H2,(H,26,28)/t19-/m1/s1. The molecule has 1 N–H and O–H groups in total. The number of hydrogen-bond acceptors (Lipinski definition) is 3. The molecule has 3 aromatic rings. The summed E-state index contributed by atoms with van der Waals surface area (Å²) in [7, 11) is 0. The van der Waals surface area contributed by atoms with Crippen molar-refractivity contribution in [3.05, 3.63) is 84.7 Å². The van der Waals surface area contributed by atoms with Crippen LogP contribution in [-0.2, 0) is 0 Å². The van der Waals surface area contributed by atoms with Crippen LogP contribution in [0.2, 0.25) is 0 Å². The monoisotopic (exact) mass is 371 g/mol. The molecule has 1 aliphatic rings. The number of anilines is 1. The highest BCUT2D eigenvalue weighted by Crippen LogP contribution is 2.22. The number of piperidine rings is 1. The van der Waals surface area contributed by atoms with Crippen LogP contribution < -0.4 is 10.2 Å². The second-order valence-corrected chi connectivity index (χ2v) is 7.31. The number of carbonyl (C=O) groups excluding carboxylic acids is 1. The molecule has 2 aromatic carbocycles. The van der Waals surface area contributed by atoms with Crippen molar-refractivity contribution in [2.24, 2.45) is 5.92 Å². The van der Waals surface area contributed by atoms with Gasteiger partial charge in [0.05, 0.1) is 0 Å². The van der Waals surface area contributed by atoms with Gasteiger partial charge in [-0.2, -0.15) is 0 Å². The van der Waals surface area contributed by atoms with Gasteiger partial charge in [-0.05, 0) is 54.2 Å². The molecule has 0 radical (unpaired) electrons. The van der Waals surface area contributed by atoms with Crippen LogP contribution in [0.1, 0.15) is 23.2 Å². The average Bonchev–Trinajstić information content (AvgIpc) is 2.79. The van der Waals surface area contributed by atoms with Gasteiger partial charge in [0.2, 0.25) is 0 Å². The first-order chi connectivity index (χ1) is 13.8. The van der Waals surface area contributed by atoms with Gasteiger partial charge in [0.25, 0.3) is 5.91 Å². The van der Waals surface area contributed by atoms with Gasteiger partial charge in [-0.25, -0.2) is 0 Å². The lowest BCUT2D eigenvalue weighted by molar-refractivity contribution is 0.0945. The third kappa shape index (κ3) is 4.39. The largest absolute Gasteiger partial charge is 0.371 e. The van der Waals surface area contributed by atoms with Gasteiger partial charge in [-0.3, -0.25) is 9.78 Å². The molecule has 0 unspecified atom stereocenters. The summed E-state index contributed by atoms with van der Waals surface area (Å²) >= 11 is 0. The van der Waals surface area contributed by atoms with Crippen LogP contribution in [0.3, 0.4) is 0 Å². The normalized spacial score (nSPS) is 16.6. The van der Waals surface area contributed by atoms with Gasteiger partial charge in [0, 0.05) is 43.3 Å². The van der Waals surface area contributed by atoms with Gasteiger partial charge >= 0.3 is 0 Å². The van der Waals surface area contributed by atoms with Gasteiger partial charge in [-0.1, -0.05) is 42.5 Å². The van der Waals surface area contributed by atoms with Gasteiger partial charge in [0.1, 0.15) is 0 Å². The van der Waals surface area contributed by atoms with E-state index in [1.807, 2.05) is 54.9 Å². The molecule has 4 rings (SSSR count). The number of aromatic nitrogens is 1. The molecule has 142 valence electrons. The van der Waals surface area contributed by atoms with E-state index in [2.05, 4.69) is 39.5 Å². The van der Waals surface area contributed by atoms with E-state index in [0.29, 0.717) is 18.0 Å². The van der Waals surface area contributed by atoms with E-state index >= 15 is 0 Å². The fourth-order valence-corrected chi connectivity index (χ4v) is 3.80. The minimum atomic E-state index is 0.000598. The SMILES string of the molecule is O=C(NC[C@H]1CCCN(c2ccncc2)C1)c1ccc(-c2ccccc2)cc1. The Balaban J connectivity index is 1.33. The van der Waals surface area contributed by atoms with Crippen molar-refractivity contribution in [3.63, 3.8) is 0 Å². The molecule has 0 saturated carbocycles. The van der Waals surface area contributed by atoms with E-state index in [4.69, 9.17) is 0 Å². The Bertz CT molecular complexity index is 894. The minimum absolute atomic E-state index is 0.000598. The smallest absolute Gasteiger partial charge is 0.251 e. The topological polar surface area (TPSA) is 45.2 Å². The molecule has 28 heavy (non-hydrogen) atoms. The quantitative estimate of drug-likeness (QED) is 0.723. The molecule has 1 saturated heterocycles. The lowest BCUT2D eigenvalue weighted by Gasteiger charge is -2.34. The molecule has 2 heterocycles. The van der Waals surface area contributed by atoms with Crippen LogP contribution in [0.4, 0.5) is 5.69 Å². The zero-order chi connectivity index (χ0) is 19.2.